The predicted molar refractivity (Wildman–Crippen MR) is 85.8 cm³/mol. The van der Waals surface area contributed by atoms with Crippen LogP contribution in [0.25, 0.3) is 0 Å². The first-order chi connectivity index (χ1) is 9.14. The predicted octanol–water partition coefficient (Wildman–Crippen LogP) is 4.38. The highest BCUT2D eigenvalue weighted by Crippen LogP contribution is 2.36. The van der Waals surface area contributed by atoms with Gasteiger partial charge in [0.05, 0.1) is 5.88 Å². The first-order valence-corrected chi connectivity index (χ1v) is 7.65. The van der Waals surface area contributed by atoms with Crippen LogP contribution in [0, 0.1) is 5.41 Å². The zero-order chi connectivity index (χ0) is 15.4. The van der Waals surface area contributed by atoms with Gasteiger partial charge in [0.25, 0.3) is 0 Å². The van der Waals surface area contributed by atoms with Gasteiger partial charge >= 0.3 is 0 Å². The fourth-order valence-electron chi connectivity index (χ4n) is 2.67. The maximum atomic E-state index is 9.37. The summed E-state index contributed by atoms with van der Waals surface area (Å²) in [5, 5.41) is 9.37. The van der Waals surface area contributed by atoms with Crippen molar-refractivity contribution in [2.24, 2.45) is 5.41 Å². The molecule has 0 aromatic heterocycles. The number of ether oxygens (including phenoxy) is 1. The van der Waals surface area contributed by atoms with Crippen molar-refractivity contribution in [1.29, 1.82) is 0 Å². The van der Waals surface area contributed by atoms with Crippen molar-refractivity contribution < 1.29 is 9.84 Å². The van der Waals surface area contributed by atoms with Crippen LogP contribution in [0.1, 0.15) is 46.6 Å². The van der Waals surface area contributed by atoms with Crippen LogP contribution in [0.2, 0.25) is 0 Å². The Labute approximate surface area is 128 Å². The van der Waals surface area contributed by atoms with Crippen molar-refractivity contribution in [3.63, 3.8) is 0 Å². The van der Waals surface area contributed by atoms with Crippen LogP contribution < -0.4 is 4.74 Å². The lowest BCUT2D eigenvalue weighted by Gasteiger charge is -2.33. The van der Waals surface area contributed by atoms with E-state index in [2.05, 4.69) is 46.8 Å². The van der Waals surface area contributed by atoms with E-state index in [9.17, 15) is 5.11 Å². The summed E-state index contributed by atoms with van der Waals surface area (Å²) in [5.41, 5.74) is 1.73. The molecular weight excluding hydrogens is 272 g/mol. The average Bonchev–Trinajstić information content (AvgIpc) is 2.33. The number of benzene rings is 1. The Bertz CT molecular complexity index is 404. The molecule has 0 aliphatic heterocycles. The van der Waals surface area contributed by atoms with E-state index in [0.717, 1.165) is 12.2 Å². The Morgan fingerprint density at radius 3 is 2.10 bits per heavy atom. The molecule has 1 unspecified atom stereocenters. The average molecular weight is 299 g/mol. The van der Waals surface area contributed by atoms with Crippen molar-refractivity contribution in [2.75, 3.05) is 12.5 Å². The maximum absolute atomic E-state index is 9.37. The SMILES string of the molecule is CC(C)(C)CC(C)(C)c1ccc(OCC(O)CCl)cc1. The Morgan fingerprint density at radius 1 is 1.10 bits per heavy atom. The molecule has 1 aromatic rings. The first kappa shape index (κ1) is 17.3. The fourth-order valence-corrected chi connectivity index (χ4v) is 2.76. The molecule has 0 radical (unpaired) electrons. The molecule has 2 nitrogen and oxygen atoms in total. The number of hydrogen-bond acceptors (Lipinski definition) is 2. The summed E-state index contributed by atoms with van der Waals surface area (Å²) in [7, 11) is 0. The number of hydrogen-bond donors (Lipinski definition) is 1. The van der Waals surface area contributed by atoms with Gasteiger partial charge in [0, 0.05) is 0 Å². The van der Waals surface area contributed by atoms with Crippen molar-refractivity contribution in [2.45, 2.75) is 52.6 Å². The topological polar surface area (TPSA) is 29.5 Å². The van der Waals surface area contributed by atoms with Crippen LogP contribution in [0.4, 0.5) is 0 Å². The zero-order valence-electron chi connectivity index (χ0n) is 13.2. The Morgan fingerprint density at radius 2 is 1.65 bits per heavy atom. The molecule has 0 spiro atoms. The number of halogens is 1. The van der Waals surface area contributed by atoms with Crippen LogP contribution in [0.3, 0.4) is 0 Å². The Kier molecular flexibility index (Phi) is 5.91. The molecule has 1 atom stereocenters. The largest absolute Gasteiger partial charge is 0.491 e. The summed E-state index contributed by atoms with van der Waals surface area (Å²) in [5.74, 6) is 0.959. The number of rotatable bonds is 6. The highest BCUT2D eigenvalue weighted by atomic mass is 35.5. The highest BCUT2D eigenvalue weighted by molar-refractivity contribution is 6.18. The monoisotopic (exact) mass is 298 g/mol. The molecule has 0 saturated carbocycles. The van der Waals surface area contributed by atoms with Gasteiger partial charge in [0.1, 0.15) is 18.5 Å². The number of alkyl halides is 1. The molecule has 20 heavy (non-hydrogen) atoms. The van der Waals surface area contributed by atoms with Gasteiger partial charge in [-0.05, 0) is 34.9 Å². The minimum absolute atomic E-state index is 0.131. The first-order valence-electron chi connectivity index (χ1n) is 7.11. The second-order valence-electron chi connectivity index (χ2n) is 7.26. The maximum Gasteiger partial charge on any atom is 0.119 e. The number of aliphatic hydroxyl groups is 1. The molecule has 0 saturated heterocycles. The summed E-state index contributed by atoms with van der Waals surface area (Å²) in [6, 6.07) is 8.13. The van der Waals surface area contributed by atoms with E-state index in [1.165, 1.54) is 5.56 Å². The van der Waals surface area contributed by atoms with Gasteiger partial charge in [-0.15, -0.1) is 11.6 Å². The van der Waals surface area contributed by atoms with Crippen LogP contribution in [-0.2, 0) is 5.41 Å². The van der Waals surface area contributed by atoms with Gasteiger partial charge in [0.15, 0.2) is 0 Å². The Hall–Kier alpha value is -0.730. The molecule has 0 aliphatic carbocycles. The van der Waals surface area contributed by atoms with Crippen molar-refractivity contribution in [1.82, 2.24) is 0 Å². The standard InChI is InChI=1S/C17H27ClO2/c1-16(2,3)12-17(4,5)13-6-8-15(9-7-13)20-11-14(19)10-18/h6-9,14,19H,10-12H2,1-5H3. The summed E-state index contributed by atoms with van der Waals surface area (Å²) in [4.78, 5) is 0. The van der Waals surface area contributed by atoms with E-state index >= 15 is 0 Å². The third-order valence-corrected chi connectivity index (χ3v) is 3.58. The lowest BCUT2D eigenvalue weighted by Crippen LogP contribution is -2.24. The van der Waals surface area contributed by atoms with E-state index in [1.807, 2.05) is 12.1 Å². The molecule has 0 fully saturated rings. The van der Waals surface area contributed by atoms with Crippen molar-refractivity contribution in [3.05, 3.63) is 29.8 Å². The second kappa shape index (κ2) is 6.82. The molecule has 3 heteroatoms. The zero-order valence-corrected chi connectivity index (χ0v) is 14.0. The molecular formula is C17H27ClO2. The van der Waals surface area contributed by atoms with E-state index < -0.39 is 6.10 Å². The third kappa shape index (κ3) is 5.72. The fraction of sp³-hybridized carbons (Fsp3) is 0.647. The lowest BCUT2D eigenvalue weighted by molar-refractivity contribution is 0.125. The minimum atomic E-state index is -0.617. The summed E-state index contributed by atoms with van der Waals surface area (Å²) < 4.78 is 5.49. The van der Waals surface area contributed by atoms with E-state index in [0.29, 0.717) is 5.41 Å². The van der Waals surface area contributed by atoms with Crippen LogP contribution in [0.15, 0.2) is 24.3 Å². The molecule has 0 aliphatic rings. The van der Waals surface area contributed by atoms with Crippen LogP contribution in [0.5, 0.6) is 5.75 Å². The molecule has 1 N–H and O–H groups in total. The van der Waals surface area contributed by atoms with Gasteiger partial charge < -0.3 is 9.84 Å². The van der Waals surface area contributed by atoms with Crippen molar-refractivity contribution in [3.8, 4) is 5.75 Å². The minimum Gasteiger partial charge on any atom is -0.491 e. The Balaban J connectivity index is 2.70. The summed E-state index contributed by atoms with van der Waals surface area (Å²) >= 11 is 5.53. The molecule has 1 aromatic carbocycles. The van der Waals surface area contributed by atoms with E-state index in [-0.39, 0.29) is 17.9 Å². The highest BCUT2D eigenvalue weighted by Gasteiger charge is 2.27. The van der Waals surface area contributed by atoms with Crippen LogP contribution >= 0.6 is 11.6 Å². The van der Waals surface area contributed by atoms with Gasteiger partial charge in [-0.3, -0.25) is 0 Å². The molecule has 1 rings (SSSR count). The molecule has 114 valence electrons. The lowest BCUT2D eigenvalue weighted by atomic mass is 9.72. The second-order valence-corrected chi connectivity index (χ2v) is 7.57. The quantitative estimate of drug-likeness (QED) is 0.790. The smallest absolute Gasteiger partial charge is 0.119 e. The molecule has 0 amide bonds. The van der Waals surface area contributed by atoms with Crippen molar-refractivity contribution >= 4 is 11.6 Å². The summed E-state index contributed by atoms with van der Waals surface area (Å²) in [6.07, 6.45) is 0.499. The summed E-state index contributed by atoms with van der Waals surface area (Å²) in [6.45, 7) is 11.6. The third-order valence-electron chi connectivity index (χ3n) is 3.23. The van der Waals surface area contributed by atoms with E-state index in [1.54, 1.807) is 0 Å². The van der Waals surface area contributed by atoms with Gasteiger partial charge in [0.2, 0.25) is 0 Å². The molecule has 0 heterocycles. The van der Waals surface area contributed by atoms with E-state index in [4.69, 9.17) is 16.3 Å². The molecule has 0 bridgehead atoms. The van der Waals surface area contributed by atoms with Crippen LogP contribution in [-0.4, -0.2) is 23.7 Å². The number of aliphatic hydroxyl groups excluding tert-OH is 1. The van der Waals surface area contributed by atoms with Gasteiger partial charge in [-0.25, -0.2) is 0 Å². The van der Waals surface area contributed by atoms with Gasteiger partial charge in [-0.1, -0.05) is 46.8 Å². The normalized spacial score (nSPS) is 14.2. The van der Waals surface area contributed by atoms with Gasteiger partial charge in [-0.2, -0.15) is 0 Å².